The van der Waals surface area contributed by atoms with Crippen LogP contribution in [0.1, 0.15) is 48.9 Å². The second kappa shape index (κ2) is 9.02. The van der Waals surface area contributed by atoms with E-state index in [1.807, 2.05) is 12.1 Å². The van der Waals surface area contributed by atoms with E-state index < -0.39 is 0 Å². The average Bonchev–Trinajstić information content (AvgIpc) is 3.12. The maximum atomic E-state index is 12.4. The number of carbonyl (C=O) groups is 1. The monoisotopic (exact) mass is 361 g/mol. The number of rotatable bonds is 7. The zero-order valence-electron chi connectivity index (χ0n) is 14.3. The normalized spacial score (nSPS) is 15.2. The number of aromatic amines is 1. The predicted molar refractivity (Wildman–Crippen MR) is 98.8 cm³/mol. The second-order valence-corrected chi connectivity index (χ2v) is 6.84. The van der Waals surface area contributed by atoms with Gasteiger partial charge in [0, 0.05) is 23.7 Å². The van der Waals surface area contributed by atoms with E-state index in [2.05, 4.69) is 15.5 Å². The molecule has 0 unspecified atom stereocenters. The molecule has 1 fully saturated rings. The molecule has 0 radical (unpaired) electrons. The lowest BCUT2D eigenvalue weighted by Crippen LogP contribution is -2.26. The molecule has 25 heavy (non-hydrogen) atoms. The van der Waals surface area contributed by atoms with E-state index in [0.29, 0.717) is 35.5 Å². The van der Waals surface area contributed by atoms with Gasteiger partial charge in [0.15, 0.2) is 0 Å². The molecule has 5 nitrogen and oxygen atoms in total. The number of hydrogen-bond donors (Lipinski definition) is 2. The van der Waals surface area contributed by atoms with Gasteiger partial charge >= 0.3 is 0 Å². The second-order valence-electron chi connectivity index (χ2n) is 6.41. The van der Waals surface area contributed by atoms with E-state index in [1.165, 1.54) is 32.1 Å². The summed E-state index contributed by atoms with van der Waals surface area (Å²) in [5.41, 5.74) is 2.12. The molecule has 1 amide bonds. The fraction of sp³-hybridized carbons (Fsp3) is 0.474. The van der Waals surface area contributed by atoms with Gasteiger partial charge in [0.2, 0.25) is 0 Å². The van der Waals surface area contributed by atoms with Gasteiger partial charge in [0.25, 0.3) is 5.91 Å². The summed E-state index contributed by atoms with van der Waals surface area (Å²) in [6.07, 6.45) is 9.00. The Kier molecular flexibility index (Phi) is 6.48. The van der Waals surface area contributed by atoms with Crippen LogP contribution in [0.25, 0.3) is 11.3 Å². The van der Waals surface area contributed by atoms with Crippen molar-refractivity contribution in [3.63, 3.8) is 0 Å². The minimum Gasteiger partial charge on any atom is -0.378 e. The van der Waals surface area contributed by atoms with Crippen LogP contribution in [0.15, 0.2) is 30.5 Å². The lowest BCUT2D eigenvalue weighted by Gasteiger charge is -2.21. The van der Waals surface area contributed by atoms with Crippen molar-refractivity contribution in [3.05, 3.63) is 41.0 Å². The highest BCUT2D eigenvalue weighted by Gasteiger charge is 2.15. The zero-order valence-corrected chi connectivity index (χ0v) is 15.0. The number of carbonyl (C=O) groups excluding carboxylic acids is 1. The Balaban J connectivity index is 1.45. The van der Waals surface area contributed by atoms with Crippen molar-refractivity contribution in [2.75, 3.05) is 13.2 Å². The quantitative estimate of drug-likeness (QED) is 0.726. The molecule has 3 rings (SSSR count). The topological polar surface area (TPSA) is 67.0 Å². The van der Waals surface area contributed by atoms with Gasteiger partial charge in [-0.05, 0) is 31.4 Å². The first-order valence-corrected chi connectivity index (χ1v) is 9.31. The smallest absolute Gasteiger partial charge is 0.255 e. The Morgan fingerprint density at radius 3 is 2.76 bits per heavy atom. The largest absolute Gasteiger partial charge is 0.378 e. The van der Waals surface area contributed by atoms with Crippen molar-refractivity contribution in [1.29, 1.82) is 0 Å². The van der Waals surface area contributed by atoms with Gasteiger partial charge in [-0.2, -0.15) is 5.10 Å². The maximum Gasteiger partial charge on any atom is 0.255 e. The summed E-state index contributed by atoms with van der Waals surface area (Å²) >= 11 is 5.91. The maximum absolute atomic E-state index is 12.4. The molecule has 1 aromatic carbocycles. The van der Waals surface area contributed by atoms with Gasteiger partial charge in [-0.1, -0.05) is 43.0 Å². The van der Waals surface area contributed by atoms with Crippen LogP contribution in [0.2, 0.25) is 5.02 Å². The number of amides is 1. The Labute approximate surface area is 153 Å². The molecule has 2 aromatic rings. The molecule has 0 spiro atoms. The molecule has 6 heteroatoms. The number of nitrogens with one attached hydrogen (secondary N) is 2. The summed E-state index contributed by atoms with van der Waals surface area (Å²) in [7, 11) is 0. The molecule has 134 valence electrons. The summed E-state index contributed by atoms with van der Waals surface area (Å²) in [5, 5.41) is 10.5. The third kappa shape index (κ3) is 5.06. The SMILES string of the molecule is O=C(NCCCOC1CCCCC1)c1cn[nH]c1-c1ccc(Cl)cc1. The van der Waals surface area contributed by atoms with Gasteiger partial charge in [0.1, 0.15) is 0 Å². The van der Waals surface area contributed by atoms with Gasteiger partial charge in [0.05, 0.1) is 23.6 Å². The molecule has 0 atom stereocenters. The number of nitrogens with zero attached hydrogens (tertiary/aromatic N) is 1. The van der Waals surface area contributed by atoms with Crippen LogP contribution >= 0.6 is 11.6 Å². The first-order valence-electron chi connectivity index (χ1n) is 8.93. The first-order chi connectivity index (χ1) is 12.2. The minimum atomic E-state index is -0.128. The van der Waals surface area contributed by atoms with E-state index in [1.54, 1.807) is 18.3 Å². The van der Waals surface area contributed by atoms with Gasteiger partial charge < -0.3 is 10.1 Å². The number of halogens is 1. The predicted octanol–water partition coefficient (Wildman–Crippen LogP) is 4.20. The molecule has 1 aromatic heterocycles. The molecule has 0 aliphatic heterocycles. The van der Waals surface area contributed by atoms with Crippen molar-refractivity contribution in [3.8, 4) is 11.3 Å². The first kappa shape index (κ1) is 18.0. The number of benzene rings is 1. The number of aromatic nitrogens is 2. The molecule has 0 bridgehead atoms. The summed E-state index contributed by atoms with van der Waals surface area (Å²) in [4.78, 5) is 12.4. The van der Waals surface area contributed by atoms with Crippen LogP contribution in [-0.2, 0) is 4.74 Å². The lowest BCUT2D eigenvalue weighted by molar-refractivity contribution is 0.0273. The van der Waals surface area contributed by atoms with Gasteiger partial charge in [-0.3, -0.25) is 9.89 Å². The lowest BCUT2D eigenvalue weighted by atomic mass is 9.98. The van der Waals surface area contributed by atoms with Crippen molar-refractivity contribution >= 4 is 17.5 Å². The van der Waals surface area contributed by atoms with E-state index in [9.17, 15) is 4.79 Å². The fourth-order valence-corrected chi connectivity index (χ4v) is 3.27. The molecule has 1 heterocycles. The molecular weight excluding hydrogens is 338 g/mol. The van der Waals surface area contributed by atoms with Crippen LogP contribution in [0, 0.1) is 0 Å². The van der Waals surface area contributed by atoms with Crippen molar-refractivity contribution in [1.82, 2.24) is 15.5 Å². The highest BCUT2D eigenvalue weighted by atomic mass is 35.5. The molecule has 2 N–H and O–H groups in total. The average molecular weight is 362 g/mol. The Hall–Kier alpha value is -1.85. The Morgan fingerprint density at radius 2 is 2.00 bits per heavy atom. The van der Waals surface area contributed by atoms with Gasteiger partial charge in [-0.15, -0.1) is 0 Å². The van der Waals surface area contributed by atoms with Crippen molar-refractivity contribution < 1.29 is 9.53 Å². The highest BCUT2D eigenvalue weighted by Crippen LogP contribution is 2.23. The standard InChI is InChI=1S/C19H24ClN3O2/c20-15-9-7-14(8-10-15)18-17(13-22-23-18)19(24)21-11-4-12-25-16-5-2-1-3-6-16/h7-10,13,16H,1-6,11-12H2,(H,21,24)(H,22,23). The third-order valence-corrected chi connectivity index (χ3v) is 4.78. The van der Waals surface area contributed by atoms with Crippen LogP contribution < -0.4 is 5.32 Å². The Bertz CT molecular complexity index is 678. The number of H-pyrrole nitrogens is 1. The van der Waals surface area contributed by atoms with Crippen LogP contribution in [-0.4, -0.2) is 35.4 Å². The molecular formula is C19H24ClN3O2. The summed E-state index contributed by atoms with van der Waals surface area (Å²) in [5.74, 6) is -0.128. The van der Waals surface area contributed by atoms with E-state index in [4.69, 9.17) is 16.3 Å². The molecule has 1 aliphatic rings. The van der Waals surface area contributed by atoms with E-state index in [0.717, 1.165) is 12.0 Å². The summed E-state index contributed by atoms with van der Waals surface area (Å²) in [6.45, 7) is 1.29. The Morgan fingerprint density at radius 1 is 1.24 bits per heavy atom. The van der Waals surface area contributed by atoms with E-state index >= 15 is 0 Å². The van der Waals surface area contributed by atoms with Gasteiger partial charge in [-0.25, -0.2) is 0 Å². The van der Waals surface area contributed by atoms with Crippen LogP contribution in [0.4, 0.5) is 0 Å². The van der Waals surface area contributed by atoms with Crippen LogP contribution in [0.3, 0.4) is 0 Å². The van der Waals surface area contributed by atoms with E-state index in [-0.39, 0.29) is 5.91 Å². The molecule has 1 aliphatic carbocycles. The number of hydrogen-bond acceptors (Lipinski definition) is 3. The molecule has 0 saturated heterocycles. The van der Waals surface area contributed by atoms with Crippen molar-refractivity contribution in [2.45, 2.75) is 44.6 Å². The fourth-order valence-electron chi connectivity index (χ4n) is 3.15. The minimum absolute atomic E-state index is 0.128. The summed E-state index contributed by atoms with van der Waals surface area (Å²) in [6, 6.07) is 7.32. The number of ether oxygens (including phenoxy) is 1. The highest BCUT2D eigenvalue weighted by molar-refractivity contribution is 6.30. The summed E-state index contributed by atoms with van der Waals surface area (Å²) < 4.78 is 5.88. The van der Waals surface area contributed by atoms with Crippen molar-refractivity contribution in [2.24, 2.45) is 0 Å². The van der Waals surface area contributed by atoms with Crippen LogP contribution in [0.5, 0.6) is 0 Å². The zero-order chi connectivity index (χ0) is 17.5. The molecule has 1 saturated carbocycles. The third-order valence-electron chi connectivity index (χ3n) is 4.53.